The molecule has 2 aromatic heterocycles. The number of rotatable bonds is 4. The van der Waals surface area contributed by atoms with E-state index < -0.39 is 0 Å². The lowest BCUT2D eigenvalue weighted by Gasteiger charge is -2.12. The maximum Gasteiger partial charge on any atom is 0.213 e. The van der Waals surface area contributed by atoms with Crippen LogP contribution in [-0.4, -0.2) is 28.3 Å². The summed E-state index contributed by atoms with van der Waals surface area (Å²) in [6, 6.07) is 4.96. The fourth-order valence-electron chi connectivity index (χ4n) is 2.61. The Hall–Kier alpha value is -2.11. The molecule has 2 unspecified atom stereocenters. The second-order valence-electron chi connectivity index (χ2n) is 5.02. The SMILES string of the molecule is CNc1cc(C2CCC(Oc3ccc(F)cn3)C2)[nH]n1. The standard InChI is InChI=1S/C14H17FN4O/c1-16-13-7-12(18-19-13)9-2-4-11(6-9)20-14-5-3-10(15)8-17-14/h3,5,7-9,11H,2,4,6H2,1H3,(H2,16,18,19). The molecule has 1 aliphatic rings. The lowest BCUT2D eigenvalue weighted by atomic mass is 10.0. The van der Waals surface area contributed by atoms with Gasteiger partial charge >= 0.3 is 0 Å². The highest BCUT2D eigenvalue weighted by Crippen LogP contribution is 2.35. The van der Waals surface area contributed by atoms with Crippen LogP contribution in [0.15, 0.2) is 24.4 Å². The second-order valence-corrected chi connectivity index (χ2v) is 5.02. The predicted molar refractivity (Wildman–Crippen MR) is 73.3 cm³/mol. The van der Waals surface area contributed by atoms with Gasteiger partial charge in [-0.15, -0.1) is 0 Å². The van der Waals surface area contributed by atoms with Crippen molar-refractivity contribution in [3.63, 3.8) is 0 Å². The van der Waals surface area contributed by atoms with Crippen molar-refractivity contribution >= 4 is 5.82 Å². The summed E-state index contributed by atoms with van der Waals surface area (Å²) in [4.78, 5) is 3.93. The number of halogens is 1. The third kappa shape index (κ3) is 2.74. The summed E-state index contributed by atoms with van der Waals surface area (Å²) in [6.45, 7) is 0. The maximum atomic E-state index is 12.8. The zero-order valence-electron chi connectivity index (χ0n) is 11.3. The van der Waals surface area contributed by atoms with Crippen LogP contribution in [0.3, 0.4) is 0 Å². The van der Waals surface area contributed by atoms with Gasteiger partial charge in [-0.2, -0.15) is 5.10 Å². The summed E-state index contributed by atoms with van der Waals surface area (Å²) in [5.41, 5.74) is 1.13. The Morgan fingerprint density at radius 1 is 1.40 bits per heavy atom. The summed E-state index contributed by atoms with van der Waals surface area (Å²) in [5.74, 6) is 1.41. The van der Waals surface area contributed by atoms with E-state index in [9.17, 15) is 4.39 Å². The second kappa shape index (κ2) is 5.48. The van der Waals surface area contributed by atoms with Gasteiger partial charge in [0.25, 0.3) is 0 Å². The van der Waals surface area contributed by atoms with E-state index in [1.807, 2.05) is 13.1 Å². The molecule has 0 spiro atoms. The fraction of sp³-hybridized carbons (Fsp3) is 0.429. The summed E-state index contributed by atoms with van der Waals surface area (Å²) in [6.07, 6.45) is 4.24. The van der Waals surface area contributed by atoms with E-state index in [2.05, 4.69) is 20.5 Å². The van der Waals surface area contributed by atoms with Crippen molar-refractivity contribution < 1.29 is 9.13 Å². The molecule has 0 amide bonds. The minimum atomic E-state index is -0.348. The van der Waals surface area contributed by atoms with Crippen molar-refractivity contribution in [2.45, 2.75) is 31.3 Å². The van der Waals surface area contributed by atoms with Crippen LogP contribution >= 0.6 is 0 Å². The van der Waals surface area contributed by atoms with Crippen molar-refractivity contribution in [2.75, 3.05) is 12.4 Å². The minimum absolute atomic E-state index is 0.124. The number of hydrogen-bond donors (Lipinski definition) is 2. The van der Waals surface area contributed by atoms with E-state index in [1.165, 1.54) is 12.3 Å². The number of ether oxygens (including phenoxy) is 1. The van der Waals surface area contributed by atoms with Gasteiger partial charge in [-0.05, 0) is 25.3 Å². The van der Waals surface area contributed by atoms with Crippen molar-refractivity contribution in [3.8, 4) is 5.88 Å². The number of anilines is 1. The van der Waals surface area contributed by atoms with Gasteiger partial charge in [-0.1, -0.05) is 0 Å². The molecule has 2 N–H and O–H groups in total. The van der Waals surface area contributed by atoms with Gasteiger partial charge in [0.15, 0.2) is 0 Å². The summed E-state index contributed by atoms with van der Waals surface area (Å²) in [5, 5.41) is 10.2. The molecular weight excluding hydrogens is 259 g/mol. The molecule has 20 heavy (non-hydrogen) atoms. The minimum Gasteiger partial charge on any atom is -0.474 e. The molecule has 0 aromatic carbocycles. The zero-order chi connectivity index (χ0) is 13.9. The largest absolute Gasteiger partial charge is 0.474 e. The van der Waals surface area contributed by atoms with Crippen molar-refractivity contribution in [1.82, 2.24) is 15.2 Å². The summed E-state index contributed by atoms with van der Waals surface area (Å²) < 4.78 is 18.6. The molecule has 0 saturated heterocycles. The average molecular weight is 276 g/mol. The van der Waals surface area contributed by atoms with Crippen LogP contribution in [0.25, 0.3) is 0 Å². The van der Waals surface area contributed by atoms with Crippen LogP contribution in [0.2, 0.25) is 0 Å². The van der Waals surface area contributed by atoms with Gasteiger partial charge in [0.05, 0.1) is 6.20 Å². The summed E-state index contributed by atoms with van der Waals surface area (Å²) in [7, 11) is 1.85. The van der Waals surface area contributed by atoms with E-state index >= 15 is 0 Å². The third-order valence-electron chi connectivity index (χ3n) is 3.67. The monoisotopic (exact) mass is 276 g/mol. The quantitative estimate of drug-likeness (QED) is 0.901. The third-order valence-corrected chi connectivity index (χ3v) is 3.67. The van der Waals surface area contributed by atoms with Crippen LogP contribution in [0.1, 0.15) is 30.9 Å². The van der Waals surface area contributed by atoms with E-state index in [4.69, 9.17) is 4.74 Å². The first-order chi connectivity index (χ1) is 9.74. The van der Waals surface area contributed by atoms with Crippen molar-refractivity contribution in [3.05, 3.63) is 35.9 Å². The van der Waals surface area contributed by atoms with Gasteiger partial charge in [0.2, 0.25) is 5.88 Å². The first-order valence-corrected chi connectivity index (χ1v) is 6.76. The van der Waals surface area contributed by atoms with E-state index in [-0.39, 0.29) is 11.9 Å². The number of nitrogens with zero attached hydrogens (tertiary/aromatic N) is 2. The molecule has 0 radical (unpaired) electrons. The average Bonchev–Trinajstić information content (AvgIpc) is 3.10. The normalized spacial score (nSPS) is 21.9. The molecule has 6 heteroatoms. The molecule has 1 fully saturated rings. The molecule has 0 aliphatic heterocycles. The van der Waals surface area contributed by atoms with Crippen molar-refractivity contribution in [2.24, 2.45) is 0 Å². The molecule has 106 valence electrons. The molecule has 3 rings (SSSR count). The Kier molecular flexibility index (Phi) is 3.54. The van der Waals surface area contributed by atoms with Gasteiger partial charge in [0, 0.05) is 30.8 Å². The van der Waals surface area contributed by atoms with Crippen molar-refractivity contribution in [1.29, 1.82) is 0 Å². The van der Waals surface area contributed by atoms with Gasteiger partial charge in [0.1, 0.15) is 17.7 Å². The highest BCUT2D eigenvalue weighted by Gasteiger charge is 2.28. The lowest BCUT2D eigenvalue weighted by molar-refractivity contribution is 0.199. The molecule has 2 atom stereocenters. The van der Waals surface area contributed by atoms with Crippen LogP contribution in [0.4, 0.5) is 10.2 Å². The van der Waals surface area contributed by atoms with Gasteiger partial charge in [-0.25, -0.2) is 9.37 Å². The lowest BCUT2D eigenvalue weighted by Crippen LogP contribution is -2.12. The number of pyridine rings is 1. The smallest absolute Gasteiger partial charge is 0.213 e. The van der Waals surface area contributed by atoms with Crippen LogP contribution in [-0.2, 0) is 0 Å². The van der Waals surface area contributed by atoms with Crippen LogP contribution in [0.5, 0.6) is 5.88 Å². The number of hydrogen-bond acceptors (Lipinski definition) is 4. The Balaban J connectivity index is 1.60. The molecular formula is C14H17FN4O. The van der Waals surface area contributed by atoms with E-state index in [0.29, 0.717) is 11.8 Å². The Morgan fingerprint density at radius 3 is 3.00 bits per heavy atom. The molecule has 2 aromatic rings. The Morgan fingerprint density at radius 2 is 2.30 bits per heavy atom. The first kappa shape index (κ1) is 12.9. The van der Waals surface area contributed by atoms with Gasteiger partial charge < -0.3 is 10.1 Å². The van der Waals surface area contributed by atoms with E-state index in [0.717, 1.165) is 30.8 Å². The topological polar surface area (TPSA) is 62.8 Å². The first-order valence-electron chi connectivity index (χ1n) is 6.76. The molecule has 2 heterocycles. The molecule has 1 aliphatic carbocycles. The zero-order valence-corrected chi connectivity index (χ0v) is 11.3. The molecule has 0 bridgehead atoms. The van der Waals surface area contributed by atoms with Crippen LogP contribution in [0, 0.1) is 5.82 Å². The van der Waals surface area contributed by atoms with Gasteiger partial charge in [-0.3, -0.25) is 5.10 Å². The summed E-state index contributed by atoms with van der Waals surface area (Å²) >= 11 is 0. The highest BCUT2D eigenvalue weighted by molar-refractivity contribution is 5.35. The van der Waals surface area contributed by atoms with Crippen LogP contribution < -0.4 is 10.1 Å². The molecule has 1 saturated carbocycles. The molecule has 5 nitrogen and oxygen atoms in total. The fourth-order valence-corrected chi connectivity index (χ4v) is 2.61. The number of aromatic amines is 1. The van der Waals surface area contributed by atoms with E-state index in [1.54, 1.807) is 6.07 Å². The Bertz CT molecular complexity index is 569. The predicted octanol–water partition coefficient (Wildman–Crippen LogP) is 2.70. The Labute approximate surface area is 116 Å². The highest BCUT2D eigenvalue weighted by atomic mass is 19.1. The number of H-pyrrole nitrogens is 1. The number of nitrogens with one attached hydrogen (secondary N) is 2. The maximum absolute atomic E-state index is 12.8. The number of aromatic nitrogens is 3.